The third-order valence-corrected chi connectivity index (χ3v) is 6.76. The van der Waals surface area contributed by atoms with E-state index in [1.807, 2.05) is 62.1 Å². The topological polar surface area (TPSA) is 97.6 Å². The summed E-state index contributed by atoms with van der Waals surface area (Å²) in [6, 6.07) is 15.3. The van der Waals surface area contributed by atoms with Gasteiger partial charge in [-0.15, -0.1) is 0 Å². The van der Waals surface area contributed by atoms with Gasteiger partial charge in [-0.25, -0.2) is 9.37 Å². The zero-order valence-electron chi connectivity index (χ0n) is 22.7. The van der Waals surface area contributed by atoms with Gasteiger partial charge in [0.2, 0.25) is 11.8 Å². The number of carbonyl (C=O) groups is 2. The van der Waals surface area contributed by atoms with E-state index in [1.165, 1.54) is 18.4 Å². The first-order valence-electron chi connectivity index (χ1n) is 13.1. The zero-order chi connectivity index (χ0) is 28.3. The number of ether oxygens (including phenoxy) is 1. The molecular weight excluding hydrogens is 511 g/mol. The molecule has 0 aliphatic carbocycles. The number of halogens is 1. The van der Waals surface area contributed by atoms with E-state index in [9.17, 15) is 14.0 Å². The predicted molar refractivity (Wildman–Crippen MR) is 146 cm³/mol. The molecule has 1 aliphatic heterocycles. The Bertz CT molecular complexity index is 1510. The van der Waals surface area contributed by atoms with Crippen LogP contribution in [-0.4, -0.2) is 33.2 Å². The van der Waals surface area contributed by atoms with E-state index in [-0.39, 0.29) is 35.8 Å². The van der Waals surface area contributed by atoms with Crippen LogP contribution in [0.3, 0.4) is 0 Å². The quantitative estimate of drug-likeness (QED) is 0.343. The standard InChI is InChI=1S/C31H31FN4O4/c1-31(2,3)30(38)36-14-11-21-7-8-24(16-25(21)28(36)22-5-4-6-23(32)15-22)39-19-27-35-26(18-40-27)29(37)34-17-20-9-12-33-13-10-20/h4-10,12-13,15-16,18,28H,11,14,17,19H2,1-3H3,(H,34,37). The Morgan fingerprint density at radius 3 is 2.67 bits per heavy atom. The second kappa shape index (κ2) is 11.3. The van der Waals surface area contributed by atoms with Crippen LogP contribution in [0, 0.1) is 11.2 Å². The summed E-state index contributed by atoms with van der Waals surface area (Å²) in [6.45, 7) is 6.54. The Labute approximate surface area is 232 Å². The van der Waals surface area contributed by atoms with E-state index in [1.54, 1.807) is 18.5 Å². The monoisotopic (exact) mass is 542 g/mol. The summed E-state index contributed by atoms with van der Waals surface area (Å²) in [7, 11) is 0. The molecule has 2 amide bonds. The molecule has 0 bridgehead atoms. The number of benzene rings is 2. The van der Waals surface area contributed by atoms with Gasteiger partial charge in [-0.1, -0.05) is 39.0 Å². The molecule has 5 rings (SSSR count). The smallest absolute Gasteiger partial charge is 0.273 e. The maximum atomic E-state index is 14.3. The summed E-state index contributed by atoms with van der Waals surface area (Å²) < 4.78 is 25.7. The highest BCUT2D eigenvalue weighted by Crippen LogP contribution is 2.39. The van der Waals surface area contributed by atoms with Crippen molar-refractivity contribution in [1.82, 2.24) is 20.2 Å². The van der Waals surface area contributed by atoms with Gasteiger partial charge in [-0.05, 0) is 65.1 Å². The van der Waals surface area contributed by atoms with Crippen molar-refractivity contribution in [3.05, 3.63) is 113 Å². The Kier molecular flexibility index (Phi) is 7.64. The molecule has 1 N–H and O–H groups in total. The van der Waals surface area contributed by atoms with Crippen molar-refractivity contribution >= 4 is 11.8 Å². The average Bonchev–Trinajstić information content (AvgIpc) is 3.43. The van der Waals surface area contributed by atoms with E-state index < -0.39 is 11.5 Å². The second-order valence-electron chi connectivity index (χ2n) is 10.8. The summed E-state index contributed by atoms with van der Waals surface area (Å²) in [5, 5.41) is 2.80. The molecule has 0 saturated carbocycles. The Hall–Kier alpha value is -4.53. The molecule has 2 aromatic heterocycles. The molecule has 2 aromatic carbocycles. The Morgan fingerprint density at radius 1 is 1.12 bits per heavy atom. The van der Waals surface area contributed by atoms with Gasteiger partial charge in [0.1, 0.15) is 17.8 Å². The number of pyridine rings is 1. The largest absolute Gasteiger partial charge is 0.484 e. The maximum absolute atomic E-state index is 14.3. The molecule has 40 heavy (non-hydrogen) atoms. The van der Waals surface area contributed by atoms with Gasteiger partial charge in [0.25, 0.3) is 5.91 Å². The summed E-state index contributed by atoms with van der Waals surface area (Å²) in [5.41, 5.74) is 3.14. The number of amides is 2. The van der Waals surface area contributed by atoms with Crippen LogP contribution < -0.4 is 10.1 Å². The SMILES string of the molecule is CC(C)(C)C(=O)N1CCc2ccc(OCc3nc(C(=O)NCc4ccncc4)co3)cc2C1c1cccc(F)c1. The first-order valence-corrected chi connectivity index (χ1v) is 13.1. The number of hydrogen-bond acceptors (Lipinski definition) is 6. The summed E-state index contributed by atoms with van der Waals surface area (Å²) >= 11 is 0. The van der Waals surface area contributed by atoms with Gasteiger partial charge in [0, 0.05) is 30.9 Å². The number of nitrogens with one attached hydrogen (secondary N) is 1. The lowest BCUT2D eigenvalue weighted by molar-refractivity contribution is -0.141. The van der Waals surface area contributed by atoms with Crippen LogP contribution in [0.1, 0.15) is 65.4 Å². The van der Waals surface area contributed by atoms with Crippen LogP contribution >= 0.6 is 0 Å². The van der Waals surface area contributed by atoms with Crippen LogP contribution in [0.5, 0.6) is 5.75 Å². The minimum atomic E-state index is -0.593. The fourth-order valence-electron chi connectivity index (χ4n) is 4.77. The molecule has 0 spiro atoms. The Balaban J connectivity index is 1.33. The number of aromatic nitrogens is 2. The van der Waals surface area contributed by atoms with E-state index >= 15 is 0 Å². The molecular formula is C31H31FN4O4. The van der Waals surface area contributed by atoms with E-state index in [0.29, 0.717) is 30.8 Å². The van der Waals surface area contributed by atoms with Crippen LogP contribution in [0.4, 0.5) is 4.39 Å². The lowest BCUT2D eigenvalue weighted by Gasteiger charge is -2.41. The third-order valence-electron chi connectivity index (χ3n) is 6.76. The second-order valence-corrected chi connectivity index (χ2v) is 10.8. The van der Waals surface area contributed by atoms with Crippen LogP contribution in [0.25, 0.3) is 0 Å². The third kappa shape index (κ3) is 6.03. The number of rotatable bonds is 7. The van der Waals surface area contributed by atoms with Crippen LogP contribution in [-0.2, 0) is 24.4 Å². The molecule has 1 aliphatic rings. The molecule has 0 fully saturated rings. The van der Waals surface area contributed by atoms with E-state index in [0.717, 1.165) is 16.7 Å². The van der Waals surface area contributed by atoms with Crippen molar-refractivity contribution in [1.29, 1.82) is 0 Å². The molecule has 206 valence electrons. The molecule has 4 aromatic rings. The highest BCUT2D eigenvalue weighted by molar-refractivity contribution is 5.91. The fraction of sp³-hybridized carbons (Fsp3) is 0.290. The van der Waals surface area contributed by atoms with Gasteiger partial charge in [0.15, 0.2) is 12.3 Å². The maximum Gasteiger partial charge on any atom is 0.273 e. The minimum Gasteiger partial charge on any atom is -0.484 e. The Morgan fingerprint density at radius 2 is 1.93 bits per heavy atom. The van der Waals surface area contributed by atoms with Gasteiger partial charge in [0.05, 0.1) is 6.04 Å². The van der Waals surface area contributed by atoms with Crippen molar-refractivity contribution < 1.29 is 23.1 Å². The highest BCUT2D eigenvalue weighted by atomic mass is 19.1. The van der Waals surface area contributed by atoms with Crippen LogP contribution in [0.15, 0.2) is 77.7 Å². The molecule has 8 nitrogen and oxygen atoms in total. The summed E-state index contributed by atoms with van der Waals surface area (Å²) in [5.74, 6) is 0.0742. The lowest BCUT2D eigenvalue weighted by atomic mass is 9.85. The van der Waals surface area contributed by atoms with Crippen molar-refractivity contribution in [2.45, 2.75) is 46.4 Å². The molecule has 1 unspecified atom stereocenters. The number of oxazole rings is 1. The van der Waals surface area contributed by atoms with E-state index in [4.69, 9.17) is 9.15 Å². The van der Waals surface area contributed by atoms with E-state index in [2.05, 4.69) is 15.3 Å². The van der Waals surface area contributed by atoms with Gasteiger partial charge in [-0.3, -0.25) is 14.6 Å². The highest BCUT2D eigenvalue weighted by Gasteiger charge is 2.37. The predicted octanol–water partition coefficient (Wildman–Crippen LogP) is 5.24. The normalized spacial score (nSPS) is 14.9. The van der Waals surface area contributed by atoms with Crippen molar-refractivity contribution in [2.24, 2.45) is 5.41 Å². The lowest BCUT2D eigenvalue weighted by Crippen LogP contribution is -2.45. The van der Waals surface area contributed by atoms with Gasteiger partial charge in [-0.2, -0.15) is 0 Å². The summed E-state index contributed by atoms with van der Waals surface area (Å²) in [4.78, 5) is 35.9. The minimum absolute atomic E-state index is 0.00564. The number of fused-ring (bicyclic) bond motifs is 1. The molecule has 0 saturated heterocycles. The van der Waals surface area contributed by atoms with Crippen molar-refractivity contribution in [3.8, 4) is 5.75 Å². The fourth-order valence-corrected chi connectivity index (χ4v) is 4.77. The van der Waals surface area contributed by atoms with Crippen molar-refractivity contribution in [2.75, 3.05) is 6.54 Å². The number of carbonyl (C=O) groups excluding carboxylic acids is 2. The van der Waals surface area contributed by atoms with Gasteiger partial charge < -0.3 is 19.4 Å². The van der Waals surface area contributed by atoms with Gasteiger partial charge >= 0.3 is 0 Å². The number of nitrogens with zero attached hydrogens (tertiary/aromatic N) is 3. The first-order chi connectivity index (χ1) is 19.2. The first kappa shape index (κ1) is 27.1. The number of hydrogen-bond donors (Lipinski definition) is 1. The average molecular weight is 543 g/mol. The zero-order valence-corrected chi connectivity index (χ0v) is 22.7. The van der Waals surface area contributed by atoms with Crippen molar-refractivity contribution in [3.63, 3.8) is 0 Å². The molecule has 3 heterocycles. The molecule has 9 heteroatoms. The molecule has 1 atom stereocenters. The van der Waals surface area contributed by atoms with Crippen LogP contribution in [0.2, 0.25) is 0 Å². The molecule has 0 radical (unpaired) electrons. The summed E-state index contributed by atoms with van der Waals surface area (Å²) in [6.07, 6.45) is 5.30.